The minimum absolute atomic E-state index is 0.260. The number of nitrogens with zero attached hydrogens (tertiary/aromatic N) is 10. The van der Waals surface area contributed by atoms with Crippen molar-refractivity contribution in [2.45, 2.75) is 89.8 Å². The van der Waals surface area contributed by atoms with Crippen LogP contribution in [0.25, 0.3) is 11.1 Å². The number of morpholine rings is 1. The molecule has 1 aliphatic carbocycles. The minimum Gasteiger partial charge on any atom is -0.487 e. The van der Waals surface area contributed by atoms with Crippen molar-refractivity contribution >= 4 is 11.6 Å². The SMILES string of the molecule is COCCOCCOCCCOc1nn(C2CCC(N3C[C@@H](C)O[C@@H](C)C3)CC2)cc1Nc1ncc(-c2ccc(C#N)c(OC(C)Cn3cnnn3)c2)cn1. The first-order valence-electron chi connectivity index (χ1n) is 19.2. The molecule has 17 nitrogen and oxygen atoms in total. The van der Waals surface area contributed by atoms with Gasteiger partial charge in [-0.2, -0.15) is 5.26 Å². The molecule has 296 valence electrons. The Bertz CT molecular complexity index is 1770. The zero-order chi connectivity index (χ0) is 38.4. The lowest BCUT2D eigenvalue weighted by molar-refractivity contribution is -0.0852. The largest absolute Gasteiger partial charge is 0.487 e. The van der Waals surface area contributed by atoms with Crippen LogP contribution in [0.3, 0.4) is 0 Å². The number of nitrogens with one attached hydrogen (secondary N) is 1. The van der Waals surface area contributed by atoms with E-state index in [-0.39, 0.29) is 24.4 Å². The van der Waals surface area contributed by atoms with E-state index in [9.17, 15) is 5.26 Å². The standard InChI is InChI=1S/C38H53N11O6/c1-27-22-47(23-28(2)54-27)33-8-10-34(11-9-33)49-25-35(37(44-49)53-13-5-12-51-16-17-52-15-14-50-4)43-38-40-20-32(21-41-38)30-6-7-31(19-39)36(18-30)55-29(3)24-48-26-42-45-46-48/h6-7,18,20-21,25-29,33-34H,5,8-17,22-24H2,1-4H3,(H,40,41,43)/t27-,28+,29?,33?,34?. The van der Waals surface area contributed by atoms with Crippen LogP contribution in [-0.4, -0.2) is 129 Å². The van der Waals surface area contributed by atoms with Crippen molar-refractivity contribution in [3.8, 4) is 28.8 Å². The Morgan fingerprint density at radius 3 is 2.38 bits per heavy atom. The van der Waals surface area contributed by atoms with Crippen LogP contribution >= 0.6 is 0 Å². The number of nitriles is 1. The van der Waals surface area contributed by atoms with E-state index in [4.69, 9.17) is 33.5 Å². The molecule has 17 heteroatoms. The minimum atomic E-state index is -0.281. The summed E-state index contributed by atoms with van der Waals surface area (Å²) in [6.07, 6.45) is 12.2. The van der Waals surface area contributed by atoms with Crippen LogP contribution in [0.2, 0.25) is 0 Å². The second-order valence-electron chi connectivity index (χ2n) is 14.1. The molecule has 0 bridgehead atoms. The highest BCUT2D eigenvalue weighted by Gasteiger charge is 2.32. The molecule has 3 atom stereocenters. The van der Waals surface area contributed by atoms with Gasteiger partial charge in [0.1, 0.15) is 29.9 Å². The molecule has 2 fully saturated rings. The Morgan fingerprint density at radius 1 is 0.945 bits per heavy atom. The van der Waals surface area contributed by atoms with Gasteiger partial charge in [0, 0.05) is 57.2 Å². The van der Waals surface area contributed by atoms with Crippen molar-refractivity contribution in [2.75, 3.05) is 65.2 Å². The Balaban J connectivity index is 1.09. The maximum atomic E-state index is 9.71. The molecule has 55 heavy (non-hydrogen) atoms. The Labute approximate surface area is 322 Å². The number of hydrogen-bond donors (Lipinski definition) is 1. The zero-order valence-corrected chi connectivity index (χ0v) is 32.2. The van der Waals surface area contributed by atoms with E-state index in [1.807, 2.05) is 29.9 Å². The summed E-state index contributed by atoms with van der Waals surface area (Å²) in [5, 5.41) is 29.2. The first-order valence-corrected chi connectivity index (χ1v) is 19.2. The summed E-state index contributed by atoms with van der Waals surface area (Å²) in [5.74, 6) is 1.36. The zero-order valence-electron chi connectivity index (χ0n) is 32.2. The van der Waals surface area contributed by atoms with Gasteiger partial charge in [-0.3, -0.25) is 9.58 Å². The summed E-state index contributed by atoms with van der Waals surface area (Å²) in [6.45, 7) is 11.8. The Morgan fingerprint density at radius 2 is 1.67 bits per heavy atom. The molecule has 4 aromatic rings. The van der Waals surface area contributed by atoms with Gasteiger partial charge in [-0.25, -0.2) is 14.6 Å². The smallest absolute Gasteiger partial charge is 0.256 e. The van der Waals surface area contributed by atoms with E-state index < -0.39 is 0 Å². The first-order chi connectivity index (χ1) is 26.9. The molecular formula is C38H53N11O6. The lowest BCUT2D eigenvalue weighted by atomic mass is 9.89. The predicted molar refractivity (Wildman–Crippen MR) is 202 cm³/mol. The summed E-state index contributed by atoms with van der Waals surface area (Å²) >= 11 is 0. The van der Waals surface area contributed by atoms with Crippen LogP contribution in [0, 0.1) is 11.3 Å². The van der Waals surface area contributed by atoms with Gasteiger partial charge < -0.3 is 33.7 Å². The van der Waals surface area contributed by atoms with Gasteiger partial charge in [0.2, 0.25) is 5.95 Å². The van der Waals surface area contributed by atoms with Gasteiger partial charge in [0.15, 0.2) is 0 Å². The number of methoxy groups -OCH3 is 1. The summed E-state index contributed by atoms with van der Waals surface area (Å²) in [6, 6.07) is 8.44. The fourth-order valence-electron chi connectivity index (χ4n) is 7.09. The average molecular weight is 760 g/mol. The summed E-state index contributed by atoms with van der Waals surface area (Å²) < 4.78 is 38.1. The number of aromatic nitrogens is 8. The number of tetrazole rings is 1. The predicted octanol–water partition coefficient (Wildman–Crippen LogP) is 4.45. The molecule has 1 saturated heterocycles. The third-order valence-corrected chi connectivity index (χ3v) is 9.68. The van der Waals surface area contributed by atoms with E-state index in [1.165, 1.54) is 6.33 Å². The van der Waals surface area contributed by atoms with Crippen molar-refractivity contribution in [3.05, 3.63) is 48.7 Å². The van der Waals surface area contributed by atoms with Crippen LogP contribution < -0.4 is 14.8 Å². The third kappa shape index (κ3) is 11.6. The van der Waals surface area contributed by atoms with Gasteiger partial charge in [-0.1, -0.05) is 6.07 Å². The molecule has 3 aromatic heterocycles. The maximum absolute atomic E-state index is 9.71. The Hall–Kier alpha value is -4.73. The van der Waals surface area contributed by atoms with E-state index in [1.54, 1.807) is 30.3 Å². The van der Waals surface area contributed by atoms with E-state index in [0.717, 1.165) is 49.9 Å². The number of ether oxygens (including phenoxy) is 6. The number of hydrogen-bond acceptors (Lipinski definition) is 15. The van der Waals surface area contributed by atoms with Gasteiger partial charge in [0.25, 0.3) is 5.88 Å². The van der Waals surface area contributed by atoms with Crippen molar-refractivity contribution in [2.24, 2.45) is 0 Å². The molecular weight excluding hydrogens is 706 g/mol. The molecule has 0 spiro atoms. The van der Waals surface area contributed by atoms with Crippen molar-refractivity contribution < 1.29 is 28.4 Å². The fourth-order valence-corrected chi connectivity index (χ4v) is 7.09. The highest BCUT2D eigenvalue weighted by atomic mass is 16.5. The van der Waals surface area contributed by atoms with E-state index in [0.29, 0.717) is 87.5 Å². The highest BCUT2D eigenvalue weighted by Crippen LogP contribution is 2.35. The molecule has 0 amide bonds. The molecule has 6 rings (SSSR count). The van der Waals surface area contributed by atoms with Crippen LogP contribution in [-0.2, 0) is 25.5 Å². The second kappa shape index (κ2) is 20.3. The van der Waals surface area contributed by atoms with Gasteiger partial charge >= 0.3 is 0 Å². The summed E-state index contributed by atoms with van der Waals surface area (Å²) in [7, 11) is 1.65. The number of anilines is 2. The quantitative estimate of drug-likeness (QED) is 0.125. The topological polar surface area (TPSA) is 182 Å². The van der Waals surface area contributed by atoms with Crippen molar-refractivity contribution in [1.29, 1.82) is 5.26 Å². The molecule has 4 heterocycles. The lowest BCUT2D eigenvalue weighted by Crippen LogP contribution is -2.51. The highest BCUT2D eigenvalue weighted by molar-refractivity contribution is 5.67. The van der Waals surface area contributed by atoms with Crippen molar-refractivity contribution in [1.82, 2.24) is 44.9 Å². The fraction of sp³-hybridized carbons (Fsp3) is 0.605. The normalized spacial score (nSPS) is 20.9. The van der Waals surface area contributed by atoms with E-state index >= 15 is 0 Å². The molecule has 1 N–H and O–H groups in total. The Kier molecular flexibility index (Phi) is 14.7. The van der Waals surface area contributed by atoms with Crippen LogP contribution in [0.5, 0.6) is 11.6 Å². The van der Waals surface area contributed by atoms with Gasteiger partial charge in [-0.15, -0.1) is 10.2 Å². The molecule has 1 saturated carbocycles. The summed E-state index contributed by atoms with van der Waals surface area (Å²) in [4.78, 5) is 11.9. The van der Waals surface area contributed by atoms with E-state index in [2.05, 4.69) is 55.6 Å². The summed E-state index contributed by atoms with van der Waals surface area (Å²) in [5.41, 5.74) is 2.70. The average Bonchev–Trinajstić information content (AvgIpc) is 3.85. The monoisotopic (exact) mass is 759 g/mol. The van der Waals surface area contributed by atoms with Gasteiger partial charge in [0.05, 0.1) is 69.6 Å². The van der Waals surface area contributed by atoms with Crippen molar-refractivity contribution in [3.63, 3.8) is 0 Å². The maximum Gasteiger partial charge on any atom is 0.256 e. The van der Waals surface area contributed by atoms with Crippen LogP contribution in [0.1, 0.15) is 64.5 Å². The number of rotatable bonds is 20. The van der Waals surface area contributed by atoms with Crippen LogP contribution in [0.15, 0.2) is 43.1 Å². The van der Waals surface area contributed by atoms with Gasteiger partial charge in [-0.05, 0) is 74.6 Å². The molecule has 1 aliphatic heterocycles. The molecule has 2 aliphatic rings. The molecule has 1 unspecified atom stereocenters. The lowest BCUT2D eigenvalue weighted by Gasteiger charge is -2.42. The molecule has 0 radical (unpaired) electrons. The second-order valence-corrected chi connectivity index (χ2v) is 14.1. The number of benzene rings is 1. The first kappa shape index (κ1) is 39.9. The third-order valence-electron chi connectivity index (χ3n) is 9.68. The molecule has 1 aromatic carbocycles. The van der Waals surface area contributed by atoms with Crippen LogP contribution in [0.4, 0.5) is 11.6 Å².